The van der Waals surface area contributed by atoms with E-state index in [9.17, 15) is 4.79 Å². The first kappa shape index (κ1) is 14.6. The highest BCUT2D eigenvalue weighted by Crippen LogP contribution is 2.24. The maximum absolute atomic E-state index is 12.2. The lowest BCUT2D eigenvalue weighted by atomic mass is 10.0. The fourth-order valence-electron chi connectivity index (χ4n) is 1.67. The lowest BCUT2D eigenvalue weighted by Gasteiger charge is -2.04. The summed E-state index contributed by atoms with van der Waals surface area (Å²) in [4.78, 5) is 16.5. The molecule has 0 unspecified atom stereocenters. The van der Waals surface area contributed by atoms with E-state index in [4.69, 9.17) is 0 Å². The van der Waals surface area contributed by atoms with Crippen LogP contribution >= 0.6 is 35.1 Å². The first-order valence-electron chi connectivity index (χ1n) is 5.71. The summed E-state index contributed by atoms with van der Waals surface area (Å²) in [6.07, 6.45) is 1.94. The molecule has 0 aliphatic carbocycles. The Morgan fingerprint density at radius 2 is 2.16 bits per heavy atom. The first-order chi connectivity index (χ1) is 9.10. The standard InChI is InChI=1S/C13H14N2OS3/c1-8-4-5-10(9(2)6-8)11(16)7-18-13-14-12(17-3)15-19-13/h4-6H,7H2,1-3H3. The number of benzene rings is 1. The molecule has 0 saturated carbocycles. The molecule has 6 heteroatoms. The number of aromatic nitrogens is 2. The number of Topliss-reactive ketones (excluding diaryl/α,β-unsaturated/α-hetero) is 1. The Morgan fingerprint density at radius 1 is 1.37 bits per heavy atom. The summed E-state index contributed by atoms with van der Waals surface area (Å²) in [5, 5.41) is 0.770. The Balaban J connectivity index is 2.01. The van der Waals surface area contributed by atoms with Gasteiger partial charge in [-0.25, -0.2) is 4.98 Å². The number of rotatable bonds is 5. The highest BCUT2D eigenvalue weighted by Gasteiger charge is 2.11. The molecule has 1 heterocycles. The van der Waals surface area contributed by atoms with Gasteiger partial charge in [0.15, 0.2) is 10.1 Å². The van der Waals surface area contributed by atoms with Crippen LogP contribution in [0.15, 0.2) is 27.7 Å². The van der Waals surface area contributed by atoms with Crippen molar-refractivity contribution in [3.8, 4) is 0 Å². The van der Waals surface area contributed by atoms with Gasteiger partial charge in [-0.3, -0.25) is 4.79 Å². The zero-order chi connectivity index (χ0) is 13.8. The third-order valence-electron chi connectivity index (χ3n) is 2.58. The summed E-state index contributed by atoms with van der Waals surface area (Å²) in [6, 6.07) is 5.91. The van der Waals surface area contributed by atoms with Crippen LogP contribution in [0.2, 0.25) is 0 Å². The van der Waals surface area contributed by atoms with Gasteiger partial charge in [-0.05, 0) is 37.2 Å². The second kappa shape index (κ2) is 6.54. The molecule has 1 aromatic heterocycles. The smallest absolute Gasteiger partial charge is 0.200 e. The van der Waals surface area contributed by atoms with E-state index in [0.29, 0.717) is 5.75 Å². The van der Waals surface area contributed by atoms with Crippen molar-refractivity contribution in [1.29, 1.82) is 0 Å². The van der Waals surface area contributed by atoms with Gasteiger partial charge in [-0.1, -0.05) is 47.3 Å². The fraction of sp³-hybridized carbons (Fsp3) is 0.308. The molecule has 2 rings (SSSR count). The highest BCUT2D eigenvalue weighted by atomic mass is 32.2. The van der Waals surface area contributed by atoms with Crippen molar-refractivity contribution in [2.75, 3.05) is 12.0 Å². The zero-order valence-electron chi connectivity index (χ0n) is 11.0. The van der Waals surface area contributed by atoms with Gasteiger partial charge in [0.2, 0.25) is 5.16 Å². The summed E-state index contributed by atoms with van der Waals surface area (Å²) in [5.74, 6) is 0.552. The molecule has 2 aromatic rings. The van der Waals surface area contributed by atoms with Crippen LogP contribution in [-0.2, 0) is 0 Å². The topological polar surface area (TPSA) is 42.9 Å². The Labute approximate surface area is 125 Å². The molecular formula is C13H14N2OS3. The van der Waals surface area contributed by atoms with Gasteiger partial charge >= 0.3 is 0 Å². The Bertz CT molecular complexity index is 595. The maximum atomic E-state index is 12.2. The number of ketones is 1. The van der Waals surface area contributed by atoms with Gasteiger partial charge in [0.05, 0.1) is 5.75 Å². The van der Waals surface area contributed by atoms with Crippen molar-refractivity contribution in [3.05, 3.63) is 34.9 Å². The summed E-state index contributed by atoms with van der Waals surface area (Å²) in [7, 11) is 0. The Morgan fingerprint density at radius 3 is 2.79 bits per heavy atom. The van der Waals surface area contributed by atoms with Crippen LogP contribution in [0.5, 0.6) is 0 Å². The minimum Gasteiger partial charge on any atom is -0.293 e. The average molecular weight is 310 g/mol. The predicted molar refractivity (Wildman–Crippen MR) is 82.7 cm³/mol. The van der Waals surface area contributed by atoms with Crippen LogP contribution in [0.25, 0.3) is 0 Å². The fourth-order valence-corrected chi connectivity index (χ4v) is 3.76. The molecule has 1 aromatic carbocycles. The number of hydrogen-bond acceptors (Lipinski definition) is 6. The van der Waals surface area contributed by atoms with Gasteiger partial charge in [-0.15, -0.1) is 0 Å². The van der Waals surface area contributed by atoms with Gasteiger partial charge in [0.1, 0.15) is 0 Å². The van der Waals surface area contributed by atoms with E-state index in [-0.39, 0.29) is 5.78 Å². The number of nitrogens with zero attached hydrogens (tertiary/aromatic N) is 2. The van der Waals surface area contributed by atoms with Crippen LogP contribution in [0.4, 0.5) is 0 Å². The van der Waals surface area contributed by atoms with E-state index in [1.54, 1.807) is 0 Å². The van der Waals surface area contributed by atoms with Crippen LogP contribution in [0, 0.1) is 13.8 Å². The predicted octanol–water partition coefficient (Wildman–Crippen LogP) is 3.85. The van der Waals surface area contributed by atoms with Crippen LogP contribution in [-0.4, -0.2) is 27.1 Å². The Hall–Kier alpha value is -0.850. The molecule has 0 N–H and O–H groups in total. The number of aryl methyl sites for hydroxylation is 2. The summed E-state index contributed by atoms with van der Waals surface area (Å²) in [6.45, 7) is 4.00. The number of hydrogen-bond donors (Lipinski definition) is 0. The largest absolute Gasteiger partial charge is 0.293 e. The minimum absolute atomic E-state index is 0.142. The SMILES string of the molecule is CSc1nsc(SCC(=O)c2ccc(C)cc2C)n1. The van der Waals surface area contributed by atoms with Crippen LogP contribution in [0.1, 0.15) is 21.5 Å². The maximum Gasteiger partial charge on any atom is 0.200 e. The molecule has 0 amide bonds. The zero-order valence-corrected chi connectivity index (χ0v) is 13.4. The first-order valence-corrected chi connectivity index (χ1v) is 8.69. The third kappa shape index (κ3) is 3.81. The molecule has 0 aliphatic heterocycles. The number of thioether (sulfide) groups is 2. The second-order valence-corrected chi connectivity index (χ2v) is 6.82. The van der Waals surface area contributed by atoms with Gasteiger partial charge in [0, 0.05) is 5.56 Å². The van der Waals surface area contributed by atoms with Crippen molar-refractivity contribution >= 4 is 40.8 Å². The van der Waals surface area contributed by atoms with Crippen molar-refractivity contribution in [2.45, 2.75) is 23.3 Å². The molecule has 0 radical (unpaired) electrons. The lowest BCUT2D eigenvalue weighted by Crippen LogP contribution is -2.04. The lowest BCUT2D eigenvalue weighted by molar-refractivity contribution is 0.102. The molecule has 0 atom stereocenters. The quantitative estimate of drug-likeness (QED) is 0.620. The number of carbonyl (C=O) groups is 1. The van der Waals surface area contributed by atoms with Gasteiger partial charge in [0.25, 0.3) is 0 Å². The monoisotopic (exact) mass is 310 g/mol. The van der Waals surface area contributed by atoms with E-state index in [1.165, 1.54) is 40.6 Å². The van der Waals surface area contributed by atoms with Gasteiger partial charge < -0.3 is 0 Å². The van der Waals surface area contributed by atoms with E-state index in [2.05, 4.69) is 9.36 Å². The highest BCUT2D eigenvalue weighted by molar-refractivity contribution is 8.01. The van der Waals surface area contributed by atoms with Gasteiger partial charge in [-0.2, -0.15) is 4.37 Å². The molecule has 100 valence electrons. The molecular weight excluding hydrogens is 296 g/mol. The van der Waals surface area contributed by atoms with E-state index >= 15 is 0 Å². The van der Waals surface area contributed by atoms with Crippen molar-refractivity contribution < 1.29 is 4.79 Å². The van der Waals surface area contributed by atoms with Crippen LogP contribution in [0.3, 0.4) is 0 Å². The molecule has 19 heavy (non-hydrogen) atoms. The van der Waals surface area contributed by atoms with E-state index in [1.807, 2.05) is 38.3 Å². The second-order valence-electron chi connectivity index (χ2n) is 4.08. The van der Waals surface area contributed by atoms with Crippen molar-refractivity contribution in [3.63, 3.8) is 0 Å². The molecule has 0 spiro atoms. The molecule has 0 bridgehead atoms. The van der Waals surface area contributed by atoms with Crippen molar-refractivity contribution in [2.24, 2.45) is 0 Å². The molecule has 0 fully saturated rings. The van der Waals surface area contributed by atoms with Crippen molar-refractivity contribution in [1.82, 2.24) is 9.36 Å². The summed E-state index contributed by atoms with van der Waals surface area (Å²) >= 11 is 4.32. The third-order valence-corrected chi connectivity index (χ3v) is 5.08. The average Bonchev–Trinajstić information content (AvgIpc) is 2.84. The van der Waals surface area contributed by atoms with E-state index < -0.39 is 0 Å². The molecule has 0 saturated heterocycles. The van der Waals surface area contributed by atoms with Crippen LogP contribution < -0.4 is 0 Å². The minimum atomic E-state index is 0.142. The Kier molecular flexibility index (Phi) is 5.01. The molecule has 0 aliphatic rings. The summed E-state index contributed by atoms with van der Waals surface area (Å²) in [5.41, 5.74) is 3.01. The number of carbonyl (C=O) groups excluding carboxylic acids is 1. The summed E-state index contributed by atoms with van der Waals surface area (Å²) < 4.78 is 5.03. The molecule has 3 nitrogen and oxygen atoms in total. The normalized spacial score (nSPS) is 10.7. The van der Waals surface area contributed by atoms with E-state index in [0.717, 1.165) is 20.6 Å².